The Bertz CT molecular complexity index is 827. The number of thiophene rings is 1. The van der Waals surface area contributed by atoms with Crippen molar-refractivity contribution in [3.8, 4) is 0 Å². The molecule has 0 saturated heterocycles. The molecule has 0 aromatic carbocycles. The Hall–Kier alpha value is -2.28. The van der Waals surface area contributed by atoms with E-state index in [0.29, 0.717) is 16.5 Å². The van der Waals surface area contributed by atoms with Crippen LogP contribution in [0.25, 0.3) is 0 Å². The van der Waals surface area contributed by atoms with Crippen LogP contribution in [-0.2, 0) is 17.6 Å². The third-order valence-corrected chi connectivity index (χ3v) is 5.47. The van der Waals surface area contributed by atoms with Gasteiger partial charge in [-0.25, -0.2) is 9.78 Å². The summed E-state index contributed by atoms with van der Waals surface area (Å²) in [6.07, 6.45) is 5.55. The van der Waals surface area contributed by atoms with E-state index in [1.165, 1.54) is 17.5 Å². The third kappa shape index (κ3) is 3.93. The van der Waals surface area contributed by atoms with Gasteiger partial charge in [0, 0.05) is 11.1 Å². The number of carbonyl (C=O) groups is 2. The Balaban J connectivity index is 1.93. The van der Waals surface area contributed by atoms with Crippen LogP contribution in [0.1, 0.15) is 64.2 Å². The molecule has 3 rings (SSSR count). The molecule has 1 N–H and O–H groups in total. The van der Waals surface area contributed by atoms with Gasteiger partial charge in [0.1, 0.15) is 10.7 Å². The van der Waals surface area contributed by atoms with Crippen molar-refractivity contribution in [3.05, 3.63) is 39.8 Å². The van der Waals surface area contributed by atoms with E-state index in [2.05, 4.69) is 22.2 Å². The smallest absolute Gasteiger partial charge is 0.341 e. The van der Waals surface area contributed by atoms with Gasteiger partial charge in [-0.15, -0.1) is 11.3 Å². The minimum absolute atomic E-state index is 0.216. The van der Waals surface area contributed by atoms with E-state index in [-0.39, 0.29) is 23.7 Å². The fourth-order valence-corrected chi connectivity index (χ4v) is 4.40. The Labute approximate surface area is 157 Å². The maximum atomic E-state index is 12.7. The molecule has 1 aliphatic carbocycles. The van der Waals surface area contributed by atoms with Gasteiger partial charge in [-0.3, -0.25) is 9.78 Å². The second kappa shape index (κ2) is 7.53. The number of aryl methyl sites for hydroxylation is 1. The summed E-state index contributed by atoms with van der Waals surface area (Å²) in [5.41, 5.74) is 2.48. The van der Waals surface area contributed by atoms with Crippen LogP contribution >= 0.6 is 11.3 Å². The number of rotatable bonds is 4. The van der Waals surface area contributed by atoms with Gasteiger partial charge in [-0.05, 0) is 51.5 Å². The number of hydrogen-bond donors (Lipinski definition) is 1. The highest BCUT2D eigenvalue weighted by molar-refractivity contribution is 7.17. The van der Waals surface area contributed by atoms with Crippen molar-refractivity contribution in [1.82, 2.24) is 9.97 Å². The van der Waals surface area contributed by atoms with E-state index in [9.17, 15) is 9.59 Å². The van der Waals surface area contributed by atoms with Gasteiger partial charge >= 0.3 is 5.97 Å². The van der Waals surface area contributed by atoms with E-state index in [0.717, 1.165) is 35.4 Å². The van der Waals surface area contributed by atoms with Crippen molar-refractivity contribution in [1.29, 1.82) is 0 Å². The number of aromatic nitrogens is 2. The second-order valence-corrected chi connectivity index (χ2v) is 8.11. The average molecular weight is 373 g/mol. The van der Waals surface area contributed by atoms with Crippen LogP contribution in [0.3, 0.4) is 0 Å². The zero-order valence-electron chi connectivity index (χ0n) is 15.5. The molecule has 2 aromatic heterocycles. The number of fused-ring (bicyclic) bond motifs is 1. The summed E-state index contributed by atoms with van der Waals surface area (Å²) in [6, 6.07) is 0. The molecular formula is C19H23N3O3S. The molecule has 6 nitrogen and oxygen atoms in total. The van der Waals surface area contributed by atoms with E-state index in [1.807, 2.05) is 20.8 Å². The van der Waals surface area contributed by atoms with Crippen LogP contribution in [0.5, 0.6) is 0 Å². The van der Waals surface area contributed by atoms with Crippen LogP contribution in [-0.4, -0.2) is 27.9 Å². The summed E-state index contributed by atoms with van der Waals surface area (Å²) in [5.74, 6) is -0.179. The van der Waals surface area contributed by atoms with Crippen LogP contribution in [0.15, 0.2) is 12.4 Å². The zero-order valence-corrected chi connectivity index (χ0v) is 16.3. The standard InChI is InChI=1S/C19H23N3O3S/c1-10(2)25-19(24)16-13-6-5-11(3)7-15(13)26-18(16)22-17(23)14-9-20-12(4)8-21-14/h8-11H,5-7H2,1-4H3,(H,22,23). The number of hydrogen-bond acceptors (Lipinski definition) is 6. The Kier molecular flexibility index (Phi) is 5.36. The quantitative estimate of drug-likeness (QED) is 0.825. The Morgan fingerprint density at radius 2 is 2.08 bits per heavy atom. The highest BCUT2D eigenvalue weighted by Gasteiger charge is 2.30. The zero-order chi connectivity index (χ0) is 18.8. The van der Waals surface area contributed by atoms with Crippen molar-refractivity contribution in [2.75, 3.05) is 5.32 Å². The van der Waals surface area contributed by atoms with Crippen molar-refractivity contribution < 1.29 is 14.3 Å². The molecular weight excluding hydrogens is 350 g/mol. The minimum Gasteiger partial charge on any atom is -0.459 e. The molecule has 1 amide bonds. The minimum atomic E-state index is -0.377. The van der Waals surface area contributed by atoms with Crippen LogP contribution in [0.4, 0.5) is 5.00 Å². The SMILES string of the molecule is Cc1cnc(C(=O)Nc2sc3c(c2C(=O)OC(C)C)CCC(C)C3)cn1. The molecule has 0 saturated carbocycles. The summed E-state index contributed by atoms with van der Waals surface area (Å²) in [4.78, 5) is 34.6. The number of esters is 1. The Morgan fingerprint density at radius 1 is 1.31 bits per heavy atom. The largest absolute Gasteiger partial charge is 0.459 e. The summed E-state index contributed by atoms with van der Waals surface area (Å²) in [7, 11) is 0. The lowest BCUT2D eigenvalue weighted by atomic mass is 9.88. The summed E-state index contributed by atoms with van der Waals surface area (Å²) in [6.45, 7) is 7.65. The molecule has 138 valence electrons. The fourth-order valence-electron chi connectivity index (χ4n) is 3.00. The lowest BCUT2D eigenvalue weighted by Gasteiger charge is -2.18. The predicted molar refractivity (Wildman–Crippen MR) is 101 cm³/mol. The lowest BCUT2D eigenvalue weighted by Crippen LogP contribution is -2.19. The summed E-state index contributed by atoms with van der Waals surface area (Å²) >= 11 is 1.47. The van der Waals surface area contributed by atoms with E-state index in [4.69, 9.17) is 4.74 Å². The molecule has 0 aliphatic heterocycles. The molecule has 26 heavy (non-hydrogen) atoms. The van der Waals surface area contributed by atoms with E-state index >= 15 is 0 Å². The molecule has 0 spiro atoms. The molecule has 2 aromatic rings. The van der Waals surface area contributed by atoms with E-state index in [1.54, 1.807) is 6.20 Å². The maximum Gasteiger partial charge on any atom is 0.341 e. The first-order valence-corrected chi connectivity index (χ1v) is 9.62. The molecule has 1 aliphatic rings. The molecule has 0 fully saturated rings. The number of nitrogens with zero attached hydrogens (tertiary/aromatic N) is 2. The summed E-state index contributed by atoms with van der Waals surface area (Å²) < 4.78 is 5.42. The number of carbonyl (C=O) groups excluding carboxylic acids is 2. The van der Waals surface area contributed by atoms with Crippen LogP contribution in [0, 0.1) is 12.8 Å². The van der Waals surface area contributed by atoms with Gasteiger partial charge in [0.05, 0.1) is 23.6 Å². The van der Waals surface area contributed by atoms with Crippen molar-refractivity contribution in [3.63, 3.8) is 0 Å². The first-order chi connectivity index (χ1) is 12.3. The highest BCUT2D eigenvalue weighted by atomic mass is 32.1. The van der Waals surface area contributed by atoms with Gasteiger partial charge in [0.2, 0.25) is 0 Å². The molecule has 0 bridgehead atoms. The number of ether oxygens (including phenoxy) is 1. The first-order valence-electron chi connectivity index (χ1n) is 8.80. The Morgan fingerprint density at radius 3 is 2.73 bits per heavy atom. The van der Waals surface area contributed by atoms with Gasteiger partial charge in [-0.1, -0.05) is 6.92 Å². The second-order valence-electron chi connectivity index (χ2n) is 7.01. The van der Waals surface area contributed by atoms with Gasteiger partial charge < -0.3 is 10.1 Å². The highest BCUT2D eigenvalue weighted by Crippen LogP contribution is 2.40. The molecule has 1 unspecified atom stereocenters. The molecule has 0 radical (unpaired) electrons. The van der Waals surface area contributed by atoms with E-state index < -0.39 is 0 Å². The number of nitrogens with one attached hydrogen (secondary N) is 1. The fraction of sp³-hybridized carbons (Fsp3) is 0.474. The molecule has 1 atom stereocenters. The van der Waals surface area contributed by atoms with Crippen molar-refractivity contribution in [2.24, 2.45) is 5.92 Å². The van der Waals surface area contributed by atoms with Gasteiger partial charge in [0.15, 0.2) is 0 Å². The van der Waals surface area contributed by atoms with Crippen molar-refractivity contribution in [2.45, 2.75) is 53.1 Å². The topological polar surface area (TPSA) is 81.2 Å². The van der Waals surface area contributed by atoms with Gasteiger partial charge in [0.25, 0.3) is 5.91 Å². The third-order valence-electron chi connectivity index (χ3n) is 4.30. The number of anilines is 1. The van der Waals surface area contributed by atoms with Crippen molar-refractivity contribution >= 4 is 28.2 Å². The van der Waals surface area contributed by atoms with Crippen LogP contribution in [0.2, 0.25) is 0 Å². The first kappa shape index (κ1) is 18.5. The molecule has 2 heterocycles. The normalized spacial score (nSPS) is 16.3. The maximum absolute atomic E-state index is 12.7. The average Bonchev–Trinajstić information content (AvgIpc) is 2.91. The number of amides is 1. The summed E-state index contributed by atoms with van der Waals surface area (Å²) in [5, 5.41) is 3.39. The molecule has 7 heteroatoms. The monoisotopic (exact) mass is 373 g/mol. The van der Waals surface area contributed by atoms with Gasteiger partial charge in [-0.2, -0.15) is 0 Å². The lowest BCUT2D eigenvalue weighted by molar-refractivity contribution is 0.0378. The van der Waals surface area contributed by atoms with Crippen LogP contribution < -0.4 is 5.32 Å². The predicted octanol–water partition coefficient (Wildman–Crippen LogP) is 3.79.